The van der Waals surface area contributed by atoms with Gasteiger partial charge in [-0.05, 0) is 49.9 Å². The van der Waals surface area contributed by atoms with E-state index in [-0.39, 0.29) is 17.2 Å². The van der Waals surface area contributed by atoms with Gasteiger partial charge in [0.15, 0.2) is 0 Å². The lowest BCUT2D eigenvalue weighted by atomic mass is 9.74. The minimum Gasteiger partial charge on any atom is -0.480 e. The van der Waals surface area contributed by atoms with Gasteiger partial charge in [0.2, 0.25) is 5.91 Å². The summed E-state index contributed by atoms with van der Waals surface area (Å²) in [5.41, 5.74) is -1.04. The number of aliphatic carboxylic acids is 1. The van der Waals surface area contributed by atoms with Crippen molar-refractivity contribution < 1.29 is 14.7 Å². The van der Waals surface area contributed by atoms with Crippen LogP contribution in [0.5, 0.6) is 0 Å². The van der Waals surface area contributed by atoms with E-state index < -0.39 is 11.5 Å². The number of carbonyl (C=O) groups is 2. The lowest BCUT2D eigenvalue weighted by Crippen LogP contribution is -2.58. The van der Waals surface area contributed by atoms with E-state index in [2.05, 4.69) is 26.1 Å². The Morgan fingerprint density at radius 3 is 2.19 bits per heavy atom. The summed E-state index contributed by atoms with van der Waals surface area (Å²) in [6.45, 7) is 6.38. The van der Waals surface area contributed by atoms with E-state index in [1.165, 1.54) is 0 Å². The monoisotopic (exact) mass is 295 g/mol. The van der Waals surface area contributed by atoms with E-state index in [0.717, 1.165) is 38.5 Å². The molecule has 2 fully saturated rings. The summed E-state index contributed by atoms with van der Waals surface area (Å²) < 4.78 is 0. The number of carboxylic acids is 1. The van der Waals surface area contributed by atoms with E-state index in [9.17, 15) is 14.7 Å². The van der Waals surface area contributed by atoms with Crippen LogP contribution < -0.4 is 5.32 Å². The van der Waals surface area contributed by atoms with Gasteiger partial charge in [-0.2, -0.15) is 0 Å². The topological polar surface area (TPSA) is 66.4 Å². The Kier molecular flexibility index (Phi) is 4.64. The second kappa shape index (κ2) is 5.98. The molecule has 0 bridgehead atoms. The highest BCUT2D eigenvalue weighted by atomic mass is 16.4. The summed E-state index contributed by atoms with van der Waals surface area (Å²) in [5, 5.41) is 12.6. The molecule has 0 aliphatic heterocycles. The van der Waals surface area contributed by atoms with Gasteiger partial charge in [0.1, 0.15) is 5.54 Å². The van der Waals surface area contributed by atoms with E-state index in [1.807, 2.05) is 0 Å². The second-order valence-electron chi connectivity index (χ2n) is 7.66. The lowest BCUT2D eigenvalue weighted by Gasteiger charge is -2.39. The fourth-order valence-electron chi connectivity index (χ4n) is 4.11. The molecule has 4 heteroatoms. The zero-order valence-corrected chi connectivity index (χ0v) is 13.6. The van der Waals surface area contributed by atoms with Gasteiger partial charge < -0.3 is 10.4 Å². The van der Waals surface area contributed by atoms with E-state index >= 15 is 0 Å². The van der Waals surface area contributed by atoms with Crippen molar-refractivity contribution in [2.45, 2.75) is 77.7 Å². The van der Waals surface area contributed by atoms with Crippen LogP contribution >= 0.6 is 0 Å². The summed E-state index contributed by atoms with van der Waals surface area (Å²) in [6.07, 6.45) is 7.02. The molecular weight excluding hydrogens is 266 g/mol. The molecule has 0 spiro atoms. The number of carboxylic acid groups (broad SMARTS) is 1. The highest BCUT2D eigenvalue weighted by Crippen LogP contribution is 2.43. The van der Waals surface area contributed by atoms with Gasteiger partial charge in [-0.3, -0.25) is 4.79 Å². The van der Waals surface area contributed by atoms with Crippen molar-refractivity contribution in [2.24, 2.45) is 17.3 Å². The second-order valence-corrected chi connectivity index (χ2v) is 7.66. The van der Waals surface area contributed by atoms with E-state index in [4.69, 9.17) is 0 Å². The Morgan fingerprint density at radius 2 is 1.76 bits per heavy atom. The first-order valence-corrected chi connectivity index (χ1v) is 8.36. The van der Waals surface area contributed by atoms with Crippen molar-refractivity contribution in [3.8, 4) is 0 Å². The molecule has 1 unspecified atom stereocenters. The first kappa shape index (κ1) is 16.3. The van der Waals surface area contributed by atoms with E-state index in [1.54, 1.807) is 0 Å². The Labute approximate surface area is 127 Å². The predicted molar refractivity (Wildman–Crippen MR) is 81.9 cm³/mol. The summed E-state index contributed by atoms with van der Waals surface area (Å²) >= 11 is 0. The van der Waals surface area contributed by atoms with Crippen LogP contribution in [0.15, 0.2) is 0 Å². The van der Waals surface area contributed by atoms with Crippen molar-refractivity contribution >= 4 is 11.9 Å². The minimum absolute atomic E-state index is 0.00953. The van der Waals surface area contributed by atoms with Crippen molar-refractivity contribution in [3.05, 3.63) is 0 Å². The Bertz CT molecular complexity index is 408. The van der Waals surface area contributed by atoms with Gasteiger partial charge >= 0.3 is 5.97 Å². The Hall–Kier alpha value is -1.06. The molecule has 4 nitrogen and oxygen atoms in total. The molecular formula is C17H29NO3. The van der Waals surface area contributed by atoms with Gasteiger partial charge in [0, 0.05) is 5.92 Å². The van der Waals surface area contributed by atoms with Gasteiger partial charge in [0.05, 0.1) is 0 Å². The van der Waals surface area contributed by atoms with Crippen LogP contribution in [0.25, 0.3) is 0 Å². The maximum Gasteiger partial charge on any atom is 0.329 e. The standard InChI is InChI=1S/C17H29NO3/c1-4-12-7-10-17(11-8-12,15(20)21)18-14(19)13-6-5-9-16(13,2)3/h12-13H,4-11H2,1-3H3,(H,18,19)(H,20,21). The van der Waals surface area contributed by atoms with Crippen LogP contribution in [0.4, 0.5) is 0 Å². The molecule has 0 radical (unpaired) electrons. The number of hydrogen-bond acceptors (Lipinski definition) is 2. The first-order chi connectivity index (χ1) is 9.81. The molecule has 0 aromatic rings. The molecule has 1 atom stereocenters. The summed E-state index contributed by atoms with van der Waals surface area (Å²) in [4.78, 5) is 24.4. The molecule has 0 aromatic carbocycles. The van der Waals surface area contributed by atoms with Crippen molar-refractivity contribution in [1.82, 2.24) is 5.32 Å². The number of amides is 1. The van der Waals surface area contributed by atoms with Crippen LogP contribution in [0.1, 0.15) is 72.1 Å². The number of nitrogens with one attached hydrogen (secondary N) is 1. The number of rotatable bonds is 4. The smallest absolute Gasteiger partial charge is 0.329 e. The van der Waals surface area contributed by atoms with Gasteiger partial charge in [-0.15, -0.1) is 0 Å². The predicted octanol–water partition coefficient (Wildman–Crippen LogP) is 3.35. The minimum atomic E-state index is -1.03. The van der Waals surface area contributed by atoms with Crippen LogP contribution in [0.2, 0.25) is 0 Å². The third kappa shape index (κ3) is 3.24. The van der Waals surface area contributed by atoms with Crippen LogP contribution in [-0.4, -0.2) is 22.5 Å². The quantitative estimate of drug-likeness (QED) is 0.836. The third-order valence-electron chi connectivity index (χ3n) is 5.88. The molecule has 2 aliphatic rings. The molecule has 2 N–H and O–H groups in total. The molecule has 0 aromatic heterocycles. The molecule has 1 amide bonds. The average Bonchev–Trinajstić information content (AvgIpc) is 2.79. The molecule has 2 saturated carbocycles. The average molecular weight is 295 g/mol. The summed E-state index contributed by atoms with van der Waals surface area (Å²) in [7, 11) is 0. The first-order valence-electron chi connectivity index (χ1n) is 8.36. The highest BCUT2D eigenvalue weighted by Gasteiger charge is 2.46. The van der Waals surface area contributed by atoms with Gasteiger partial charge in [-0.1, -0.05) is 33.6 Å². The molecule has 0 saturated heterocycles. The molecule has 21 heavy (non-hydrogen) atoms. The number of hydrogen-bond donors (Lipinski definition) is 2. The van der Waals surface area contributed by atoms with Gasteiger partial charge in [-0.25, -0.2) is 4.79 Å². The zero-order chi connectivity index (χ0) is 15.7. The van der Waals surface area contributed by atoms with Crippen LogP contribution in [-0.2, 0) is 9.59 Å². The molecule has 120 valence electrons. The zero-order valence-electron chi connectivity index (χ0n) is 13.6. The molecule has 2 rings (SSSR count). The third-order valence-corrected chi connectivity index (χ3v) is 5.88. The molecule has 2 aliphatic carbocycles. The van der Waals surface area contributed by atoms with Gasteiger partial charge in [0.25, 0.3) is 0 Å². The fraction of sp³-hybridized carbons (Fsp3) is 0.882. The Balaban J connectivity index is 2.07. The largest absolute Gasteiger partial charge is 0.480 e. The SMILES string of the molecule is CCC1CCC(NC(=O)C2CCCC2(C)C)(C(=O)O)CC1. The Morgan fingerprint density at radius 1 is 1.14 bits per heavy atom. The van der Waals surface area contributed by atoms with Crippen molar-refractivity contribution in [1.29, 1.82) is 0 Å². The highest BCUT2D eigenvalue weighted by molar-refractivity contribution is 5.88. The van der Waals surface area contributed by atoms with Crippen molar-refractivity contribution in [3.63, 3.8) is 0 Å². The molecule has 0 heterocycles. The van der Waals surface area contributed by atoms with Crippen LogP contribution in [0, 0.1) is 17.3 Å². The van der Waals surface area contributed by atoms with Crippen LogP contribution in [0.3, 0.4) is 0 Å². The summed E-state index contributed by atoms with van der Waals surface area (Å²) in [6, 6.07) is 0. The van der Waals surface area contributed by atoms with Crippen molar-refractivity contribution in [2.75, 3.05) is 0 Å². The maximum atomic E-state index is 12.6. The van der Waals surface area contributed by atoms with E-state index in [0.29, 0.717) is 18.8 Å². The number of carbonyl (C=O) groups excluding carboxylic acids is 1. The normalized spacial score (nSPS) is 35.4. The maximum absolute atomic E-state index is 12.6. The summed E-state index contributed by atoms with van der Waals surface area (Å²) in [5.74, 6) is -0.342. The lowest BCUT2D eigenvalue weighted by molar-refractivity contribution is -0.151. The fourth-order valence-corrected chi connectivity index (χ4v) is 4.11.